The fraction of sp³-hybridized carbons (Fsp3) is 0.400. The molecule has 0 bridgehead atoms. The second kappa shape index (κ2) is 6.35. The fourth-order valence-corrected chi connectivity index (χ4v) is 3.08. The van der Waals surface area contributed by atoms with Gasteiger partial charge in [-0.3, -0.25) is 4.98 Å². The maximum atomic E-state index is 8.96. The topological polar surface area (TPSA) is 54.4 Å². The minimum atomic E-state index is 0.190. The van der Waals surface area contributed by atoms with Crippen LogP contribution in [0.4, 0.5) is 0 Å². The van der Waals surface area contributed by atoms with E-state index >= 15 is 0 Å². The number of nitrogens with one attached hydrogen (secondary N) is 1. The molecule has 5 heteroatoms. The second-order valence-electron chi connectivity index (χ2n) is 4.90. The van der Waals surface area contributed by atoms with Crippen LogP contribution in [0.2, 0.25) is 0 Å². The van der Waals surface area contributed by atoms with Crippen LogP contribution in [0.1, 0.15) is 11.3 Å². The number of rotatable bonds is 6. The summed E-state index contributed by atoms with van der Waals surface area (Å²) >= 11 is 1.69. The molecule has 4 nitrogen and oxygen atoms in total. The Balaban J connectivity index is 1.68. The average Bonchev–Trinajstić information content (AvgIpc) is 2.86. The summed E-state index contributed by atoms with van der Waals surface area (Å²) in [5.41, 5.74) is 1.07. The highest BCUT2D eigenvalue weighted by Gasteiger charge is 2.16. The van der Waals surface area contributed by atoms with Crippen LogP contribution in [0.15, 0.2) is 30.6 Å². The van der Waals surface area contributed by atoms with Gasteiger partial charge in [0.15, 0.2) is 0 Å². The zero-order chi connectivity index (χ0) is 13.8. The molecule has 0 aliphatic carbocycles. The Bertz CT molecular complexity index is 567. The summed E-state index contributed by atoms with van der Waals surface area (Å²) < 4.78 is 5.77. The van der Waals surface area contributed by atoms with Gasteiger partial charge in [-0.2, -0.15) is 0 Å². The standard InChI is InChI=1S/C15H18N2O2S/c18-6-4-14-1-2-15(20-14)11-7-13(9-16-8-11)19-10-12-3-5-17-12/h1-2,7-9,12,17-18H,3-6,10H2/t12-/m0/s1. The van der Waals surface area contributed by atoms with Crippen molar-refractivity contribution in [3.05, 3.63) is 35.5 Å². The fourth-order valence-electron chi connectivity index (χ4n) is 2.10. The molecule has 3 heterocycles. The van der Waals surface area contributed by atoms with Gasteiger partial charge in [0.05, 0.1) is 6.20 Å². The summed E-state index contributed by atoms with van der Waals surface area (Å²) in [6.45, 7) is 1.98. The van der Waals surface area contributed by atoms with Crippen LogP contribution in [0.3, 0.4) is 0 Å². The molecule has 0 unspecified atom stereocenters. The SMILES string of the molecule is OCCc1ccc(-c2cncc(OC[C@@H]3CCN3)c2)s1. The van der Waals surface area contributed by atoms with Crippen molar-refractivity contribution in [3.63, 3.8) is 0 Å². The van der Waals surface area contributed by atoms with Crippen LogP contribution in [-0.4, -0.2) is 35.9 Å². The van der Waals surface area contributed by atoms with Gasteiger partial charge in [-0.15, -0.1) is 11.3 Å². The number of thiophene rings is 1. The van der Waals surface area contributed by atoms with E-state index < -0.39 is 0 Å². The van der Waals surface area contributed by atoms with E-state index in [0.29, 0.717) is 19.1 Å². The lowest BCUT2D eigenvalue weighted by Gasteiger charge is -2.27. The number of ether oxygens (including phenoxy) is 1. The van der Waals surface area contributed by atoms with Gasteiger partial charge >= 0.3 is 0 Å². The first-order valence-corrected chi connectivity index (χ1v) is 7.68. The number of hydrogen-bond acceptors (Lipinski definition) is 5. The van der Waals surface area contributed by atoms with Crippen LogP contribution in [0, 0.1) is 0 Å². The minimum Gasteiger partial charge on any atom is -0.490 e. The molecule has 1 aliphatic heterocycles. The van der Waals surface area contributed by atoms with Crippen molar-refractivity contribution in [2.45, 2.75) is 18.9 Å². The predicted octanol–water partition coefficient (Wildman–Crippen LogP) is 2.09. The summed E-state index contributed by atoms with van der Waals surface area (Å²) in [4.78, 5) is 6.60. The smallest absolute Gasteiger partial charge is 0.138 e. The average molecular weight is 290 g/mol. The van der Waals surface area contributed by atoms with Crippen molar-refractivity contribution in [3.8, 4) is 16.2 Å². The molecule has 2 aromatic rings. The monoisotopic (exact) mass is 290 g/mol. The Morgan fingerprint density at radius 3 is 3.05 bits per heavy atom. The number of nitrogens with zero attached hydrogens (tertiary/aromatic N) is 1. The highest BCUT2D eigenvalue weighted by molar-refractivity contribution is 7.15. The van der Waals surface area contributed by atoms with Gasteiger partial charge in [-0.05, 0) is 31.2 Å². The van der Waals surface area contributed by atoms with Crippen LogP contribution >= 0.6 is 11.3 Å². The first kappa shape index (κ1) is 13.5. The molecule has 1 aliphatic rings. The molecular formula is C15H18N2O2S. The van der Waals surface area contributed by atoms with E-state index in [1.807, 2.05) is 12.3 Å². The molecule has 0 aromatic carbocycles. The zero-order valence-corrected chi connectivity index (χ0v) is 12.0. The molecule has 20 heavy (non-hydrogen) atoms. The molecule has 0 radical (unpaired) electrons. The number of hydrogen-bond donors (Lipinski definition) is 2. The molecule has 2 N–H and O–H groups in total. The van der Waals surface area contributed by atoms with E-state index in [1.165, 1.54) is 11.3 Å². The van der Waals surface area contributed by atoms with E-state index in [-0.39, 0.29) is 6.61 Å². The van der Waals surface area contributed by atoms with E-state index in [0.717, 1.165) is 22.7 Å². The molecular weight excluding hydrogens is 272 g/mol. The van der Waals surface area contributed by atoms with Gasteiger partial charge in [0, 0.05) is 40.6 Å². The molecule has 3 rings (SSSR count). The molecule has 0 amide bonds. The molecule has 0 saturated carbocycles. The van der Waals surface area contributed by atoms with Crippen molar-refractivity contribution in [1.29, 1.82) is 0 Å². The molecule has 1 atom stereocenters. The summed E-state index contributed by atoms with van der Waals surface area (Å²) in [6, 6.07) is 6.64. The van der Waals surface area contributed by atoms with Gasteiger partial charge in [0.2, 0.25) is 0 Å². The number of aliphatic hydroxyl groups excluding tert-OH is 1. The third kappa shape index (κ3) is 3.17. The third-order valence-electron chi connectivity index (χ3n) is 3.39. The first-order chi connectivity index (χ1) is 9.85. The van der Waals surface area contributed by atoms with E-state index in [1.54, 1.807) is 17.5 Å². The van der Waals surface area contributed by atoms with Gasteiger partial charge in [0.1, 0.15) is 12.4 Å². The van der Waals surface area contributed by atoms with E-state index in [4.69, 9.17) is 9.84 Å². The Morgan fingerprint density at radius 1 is 1.40 bits per heavy atom. The maximum absolute atomic E-state index is 8.96. The summed E-state index contributed by atoms with van der Waals surface area (Å²) in [6.07, 6.45) is 5.50. The Labute approximate surface area is 122 Å². The predicted molar refractivity (Wildman–Crippen MR) is 80.2 cm³/mol. The van der Waals surface area contributed by atoms with Crippen molar-refractivity contribution in [1.82, 2.24) is 10.3 Å². The Kier molecular flexibility index (Phi) is 4.30. The van der Waals surface area contributed by atoms with Gasteiger partial charge in [-0.25, -0.2) is 0 Å². The van der Waals surface area contributed by atoms with E-state index in [2.05, 4.69) is 22.4 Å². The Hall–Kier alpha value is -1.43. The van der Waals surface area contributed by atoms with Gasteiger partial charge in [0.25, 0.3) is 0 Å². The molecule has 1 fully saturated rings. The lowest BCUT2D eigenvalue weighted by atomic mass is 10.1. The lowest BCUT2D eigenvalue weighted by molar-refractivity contribution is 0.217. The zero-order valence-electron chi connectivity index (χ0n) is 11.2. The molecule has 106 valence electrons. The number of aromatic nitrogens is 1. The van der Waals surface area contributed by atoms with Crippen LogP contribution in [-0.2, 0) is 6.42 Å². The highest BCUT2D eigenvalue weighted by Crippen LogP contribution is 2.30. The number of aliphatic hydroxyl groups is 1. The largest absolute Gasteiger partial charge is 0.490 e. The maximum Gasteiger partial charge on any atom is 0.138 e. The van der Waals surface area contributed by atoms with E-state index in [9.17, 15) is 0 Å². The molecule has 0 spiro atoms. The number of pyridine rings is 1. The Morgan fingerprint density at radius 2 is 2.30 bits per heavy atom. The van der Waals surface area contributed by atoms with Gasteiger partial charge < -0.3 is 15.2 Å². The van der Waals surface area contributed by atoms with Crippen molar-refractivity contribution in [2.75, 3.05) is 19.8 Å². The molecule has 2 aromatic heterocycles. The van der Waals surface area contributed by atoms with Crippen molar-refractivity contribution in [2.24, 2.45) is 0 Å². The lowest BCUT2D eigenvalue weighted by Crippen LogP contribution is -2.46. The summed E-state index contributed by atoms with van der Waals surface area (Å²) in [7, 11) is 0. The van der Waals surface area contributed by atoms with Gasteiger partial charge in [-0.1, -0.05) is 0 Å². The van der Waals surface area contributed by atoms with Crippen LogP contribution < -0.4 is 10.1 Å². The molecule has 1 saturated heterocycles. The summed E-state index contributed by atoms with van der Waals surface area (Å²) in [5.74, 6) is 0.813. The third-order valence-corrected chi connectivity index (χ3v) is 4.59. The van der Waals surface area contributed by atoms with Crippen molar-refractivity contribution < 1.29 is 9.84 Å². The normalized spacial score (nSPS) is 17.8. The first-order valence-electron chi connectivity index (χ1n) is 6.86. The quantitative estimate of drug-likeness (QED) is 0.855. The van der Waals surface area contributed by atoms with Crippen LogP contribution in [0.25, 0.3) is 10.4 Å². The minimum absolute atomic E-state index is 0.190. The van der Waals surface area contributed by atoms with Crippen molar-refractivity contribution >= 4 is 11.3 Å². The van der Waals surface area contributed by atoms with Crippen LogP contribution in [0.5, 0.6) is 5.75 Å². The second-order valence-corrected chi connectivity index (χ2v) is 6.07. The summed E-state index contributed by atoms with van der Waals surface area (Å²) in [5, 5.41) is 12.3. The highest BCUT2D eigenvalue weighted by atomic mass is 32.1.